The quantitative estimate of drug-likeness (QED) is 0.577. The molecule has 0 radical (unpaired) electrons. The van der Waals surface area contributed by atoms with Gasteiger partial charge in [0.2, 0.25) is 0 Å². The molecule has 0 atom stereocenters. The molecule has 0 bridgehead atoms. The third-order valence-corrected chi connectivity index (χ3v) is 3.47. The SMILES string of the molecule is CSc1ncc2c(O)cc(=O)n(-c3ccccc3)c2n1. The van der Waals surface area contributed by atoms with Crippen molar-refractivity contribution in [1.29, 1.82) is 0 Å². The zero-order chi connectivity index (χ0) is 14.1. The van der Waals surface area contributed by atoms with Gasteiger partial charge in [0.15, 0.2) is 10.8 Å². The van der Waals surface area contributed by atoms with Gasteiger partial charge in [0.1, 0.15) is 5.75 Å². The first kappa shape index (κ1) is 12.7. The van der Waals surface area contributed by atoms with Crippen molar-refractivity contribution in [2.24, 2.45) is 0 Å². The van der Waals surface area contributed by atoms with Crippen molar-refractivity contribution in [3.8, 4) is 11.4 Å². The molecule has 20 heavy (non-hydrogen) atoms. The van der Waals surface area contributed by atoms with Crippen molar-refractivity contribution >= 4 is 22.8 Å². The first-order valence-corrected chi connectivity index (χ1v) is 7.14. The summed E-state index contributed by atoms with van der Waals surface area (Å²) in [5, 5.41) is 10.9. The number of para-hydroxylation sites is 1. The van der Waals surface area contributed by atoms with Gasteiger partial charge in [-0.25, -0.2) is 9.97 Å². The van der Waals surface area contributed by atoms with Gasteiger partial charge in [-0.1, -0.05) is 30.0 Å². The van der Waals surface area contributed by atoms with Crippen LogP contribution in [0.2, 0.25) is 0 Å². The van der Waals surface area contributed by atoms with Gasteiger partial charge in [0.05, 0.1) is 11.1 Å². The number of rotatable bonds is 2. The maximum atomic E-state index is 12.2. The van der Waals surface area contributed by atoms with E-state index in [1.807, 2.05) is 36.6 Å². The highest BCUT2D eigenvalue weighted by molar-refractivity contribution is 7.98. The third-order valence-electron chi connectivity index (χ3n) is 2.91. The first-order chi connectivity index (χ1) is 9.70. The van der Waals surface area contributed by atoms with Gasteiger partial charge in [-0.05, 0) is 18.4 Å². The summed E-state index contributed by atoms with van der Waals surface area (Å²) in [6.45, 7) is 0. The molecule has 0 saturated heterocycles. The molecule has 1 aromatic carbocycles. The monoisotopic (exact) mass is 285 g/mol. The van der Waals surface area contributed by atoms with E-state index in [9.17, 15) is 9.90 Å². The number of thioether (sulfide) groups is 1. The largest absolute Gasteiger partial charge is 0.507 e. The van der Waals surface area contributed by atoms with Crippen LogP contribution in [0, 0.1) is 0 Å². The lowest BCUT2D eigenvalue weighted by atomic mass is 10.2. The molecule has 0 aliphatic rings. The highest BCUT2D eigenvalue weighted by Crippen LogP contribution is 2.23. The number of benzene rings is 1. The summed E-state index contributed by atoms with van der Waals surface area (Å²) in [5.41, 5.74) is 0.778. The second-order valence-corrected chi connectivity index (χ2v) is 4.91. The minimum Gasteiger partial charge on any atom is -0.507 e. The van der Waals surface area contributed by atoms with Crippen LogP contribution in [0.25, 0.3) is 16.7 Å². The van der Waals surface area contributed by atoms with Gasteiger partial charge in [0.25, 0.3) is 5.56 Å². The molecule has 0 amide bonds. The van der Waals surface area contributed by atoms with Gasteiger partial charge >= 0.3 is 0 Å². The summed E-state index contributed by atoms with van der Waals surface area (Å²) in [6.07, 6.45) is 3.39. The van der Waals surface area contributed by atoms with Crippen molar-refractivity contribution in [3.05, 3.63) is 52.9 Å². The average molecular weight is 285 g/mol. The Labute approximate surface area is 118 Å². The predicted octanol–water partition coefficient (Wildman–Crippen LogP) is 2.21. The Morgan fingerprint density at radius 2 is 2.00 bits per heavy atom. The molecule has 0 spiro atoms. The number of hydrogen-bond acceptors (Lipinski definition) is 5. The number of nitrogens with zero attached hydrogens (tertiary/aromatic N) is 3. The topological polar surface area (TPSA) is 68.0 Å². The molecule has 0 unspecified atom stereocenters. The Kier molecular flexibility index (Phi) is 3.15. The van der Waals surface area contributed by atoms with Crippen LogP contribution in [0.5, 0.6) is 5.75 Å². The van der Waals surface area contributed by atoms with Crippen LogP contribution in [0.15, 0.2) is 52.5 Å². The Balaban J connectivity index is 2.44. The summed E-state index contributed by atoms with van der Waals surface area (Å²) in [7, 11) is 0. The van der Waals surface area contributed by atoms with Crippen LogP contribution < -0.4 is 5.56 Å². The molecule has 0 aliphatic carbocycles. The molecule has 0 aliphatic heterocycles. The molecule has 3 rings (SSSR count). The van der Waals surface area contributed by atoms with Crippen LogP contribution in [-0.2, 0) is 0 Å². The summed E-state index contributed by atoms with van der Waals surface area (Å²) in [6, 6.07) is 10.4. The first-order valence-electron chi connectivity index (χ1n) is 5.92. The fraction of sp³-hybridized carbons (Fsp3) is 0.0714. The van der Waals surface area contributed by atoms with E-state index in [0.717, 1.165) is 0 Å². The number of fused-ring (bicyclic) bond motifs is 1. The highest BCUT2D eigenvalue weighted by atomic mass is 32.2. The smallest absolute Gasteiger partial charge is 0.260 e. The van der Waals surface area contributed by atoms with Gasteiger partial charge in [-0.15, -0.1) is 0 Å². The van der Waals surface area contributed by atoms with Crippen molar-refractivity contribution in [3.63, 3.8) is 0 Å². The van der Waals surface area contributed by atoms with E-state index < -0.39 is 0 Å². The van der Waals surface area contributed by atoms with E-state index in [-0.39, 0.29) is 11.3 Å². The standard InChI is InChI=1S/C14H11N3O2S/c1-20-14-15-8-10-11(18)7-12(19)17(13(10)16-14)9-5-3-2-4-6-9/h2-8,18H,1H3. The molecule has 2 heterocycles. The zero-order valence-corrected chi connectivity index (χ0v) is 11.5. The van der Waals surface area contributed by atoms with Crippen molar-refractivity contribution < 1.29 is 5.11 Å². The Morgan fingerprint density at radius 1 is 1.25 bits per heavy atom. The van der Waals surface area contributed by atoms with Gasteiger partial charge < -0.3 is 5.11 Å². The summed E-state index contributed by atoms with van der Waals surface area (Å²) >= 11 is 1.38. The molecular formula is C14H11N3O2S. The molecule has 100 valence electrons. The minimum atomic E-state index is -0.327. The molecular weight excluding hydrogens is 274 g/mol. The average Bonchev–Trinajstić information content (AvgIpc) is 2.47. The highest BCUT2D eigenvalue weighted by Gasteiger charge is 2.12. The molecule has 1 N–H and O–H groups in total. The van der Waals surface area contributed by atoms with E-state index >= 15 is 0 Å². The minimum absolute atomic E-state index is 0.107. The summed E-state index contributed by atoms with van der Waals surface area (Å²) in [5.74, 6) is -0.107. The fourth-order valence-electron chi connectivity index (χ4n) is 2.00. The van der Waals surface area contributed by atoms with Gasteiger partial charge in [0, 0.05) is 12.3 Å². The lowest BCUT2D eigenvalue weighted by Crippen LogP contribution is -2.18. The molecule has 3 aromatic rings. The molecule has 0 saturated carbocycles. The molecule has 0 fully saturated rings. The van der Waals surface area contributed by atoms with E-state index in [4.69, 9.17) is 0 Å². The van der Waals surface area contributed by atoms with Crippen LogP contribution in [-0.4, -0.2) is 25.9 Å². The lowest BCUT2D eigenvalue weighted by molar-refractivity contribution is 0.479. The second kappa shape index (κ2) is 4.97. The van der Waals surface area contributed by atoms with Gasteiger partial charge in [-0.2, -0.15) is 0 Å². The van der Waals surface area contributed by atoms with Crippen LogP contribution in [0.1, 0.15) is 0 Å². The Hall–Kier alpha value is -2.34. The predicted molar refractivity (Wildman–Crippen MR) is 78.6 cm³/mol. The summed E-state index contributed by atoms with van der Waals surface area (Å²) < 4.78 is 1.47. The van der Waals surface area contributed by atoms with Crippen molar-refractivity contribution in [1.82, 2.24) is 14.5 Å². The van der Waals surface area contributed by atoms with E-state index in [1.165, 1.54) is 28.6 Å². The molecule has 2 aromatic heterocycles. The second-order valence-electron chi connectivity index (χ2n) is 4.13. The molecule has 6 heteroatoms. The maximum absolute atomic E-state index is 12.2. The van der Waals surface area contributed by atoms with Crippen LogP contribution >= 0.6 is 11.8 Å². The number of aromatic nitrogens is 3. The normalized spacial score (nSPS) is 10.8. The van der Waals surface area contributed by atoms with Gasteiger partial charge in [-0.3, -0.25) is 9.36 Å². The number of hydrogen-bond donors (Lipinski definition) is 1. The van der Waals surface area contributed by atoms with E-state index in [1.54, 1.807) is 0 Å². The van der Waals surface area contributed by atoms with Crippen molar-refractivity contribution in [2.45, 2.75) is 5.16 Å². The van der Waals surface area contributed by atoms with E-state index in [2.05, 4.69) is 9.97 Å². The Bertz CT molecular complexity index is 831. The maximum Gasteiger partial charge on any atom is 0.260 e. The van der Waals surface area contributed by atoms with Crippen LogP contribution in [0.3, 0.4) is 0 Å². The van der Waals surface area contributed by atoms with Crippen LogP contribution in [0.4, 0.5) is 0 Å². The molecule has 5 nitrogen and oxygen atoms in total. The van der Waals surface area contributed by atoms with Crippen molar-refractivity contribution in [2.75, 3.05) is 6.26 Å². The Morgan fingerprint density at radius 3 is 2.70 bits per heavy atom. The summed E-state index contributed by atoms with van der Waals surface area (Å²) in [4.78, 5) is 20.7. The number of aromatic hydroxyl groups is 1. The fourth-order valence-corrected chi connectivity index (χ4v) is 2.33. The zero-order valence-electron chi connectivity index (χ0n) is 10.6. The number of pyridine rings is 1. The third kappa shape index (κ3) is 2.04. The van der Waals surface area contributed by atoms with E-state index in [0.29, 0.717) is 21.9 Å². The lowest BCUT2D eigenvalue weighted by Gasteiger charge is -2.10.